The average molecular weight is 514 g/mol. The van der Waals surface area contributed by atoms with Crippen LogP contribution in [0.2, 0.25) is 0 Å². The Morgan fingerprint density at radius 1 is 1.28 bits per heavy atom. The summed E-state index contributed by atoms with van der Waals surface area (Å²) in [7, 11) is 2.96. The quantitative estimate of drug-likeness (QED) is 0.184. The summed E-state index contributed by atoms with van der Waals surface area (Å²) in [5, 5.41) is 24.2. The molecule has 2 N–H and O–H groups in total. The zero-order valence-corrected chi connectivity index (χ0v) is 20.8. The number of thioether (sulfide) groups is 1. The maximum Gasteiger partial charge on any atom is 0.293 e. The first-order chi connectivity index (χ1) is 17.4. The lowest BCUT2D eigenvalue weighted by molar-refractivity contribution is -0.127. The van der Waals surface area contributed by atoms with Gasteiger partial charge in [-0.1, -0.05) is 47.2 Å². The summed E-state index contributed by atoms with van der Waals surface area (Å²) in [5.41, 5.74) is 0.734. The number of guanidine groups is 1. The van der Waals surface area contributed by atoms with Crippen LogP contribution in [0.5, 0.6) is 0 Å². The van der Waals surface area contributed by atoms with E-state index in [2.05, 4.69) is 25.9 Å². The average Bonchev–Trinajstić information content (AvgIpc) is 3.28. The summed E-state index contributed by atoms with van der Waals surface area (Å²) in [5.74, 6) is -1.52. The highest BCUT2D eigenvalue weighted by Gasteiger charge is 2.49. The van der Waals surface area contributed by atoms with Crippen LogP contribution in [-0.2, 0) is 14.5 Å². The van der Waals surface area contributed by atoms with Gasteiger partial charge >= 0.3 is 0 Å². The topological polar surface area (TPSA) is 114 Å². The Labute approximate surface area is 211 Å². The number of hydrazone groups is 1. The molecule has 0 bridgehead atoms. The highest BCUT2D eigenvalue weighted by atomic mass is 32.2. The first-order valence-corrected chi connectivity index (χ1v) is 11.8. The molecular formula is C24H25F2N7O2S. The Kier molecular flexibility index (Phi) is 8.97. The summed E-state index contributed by atoms with van der Waals surface area (Å²) in [4.78, 5) is 20.8. The molecule has 12 heteroatoms. The van der Waals surface area contributed by atoms with Crippen molar-refractivity contribution in [1.82, 2.24) is 15.6 Å². The van der Waals surface area contributed by atoms with Crippen LogP contribution in [0, 0.1) is 23.1 Å². The number of nitriles is 1. The Balaban J connectivity index is 2.05. The van der Waals surface area contributed by atoms with Gasteiger partial charge in [0.25, 0.3) is 5.91 Å². The lowest BCUT2D eigenvalue weighted by Gasteiger charge is -2.36. The van der Waals surface area contributed by atoms with E-state index in [0.717, 1.165) is 35.5 Å². The monoisotopic (exact) mass is 513 g/mol. The van der Waals surface area contributed by atoms with Crippen LogP contribution >= 0.6 is 11.8 Å². The summed E-state index contributed by atoms with van der Waals surface area (Å²) in [6.45, 7) is 1.90. The van der Waals surface area contributed by atoms with Gasteiger partial charge in [-0.15, -0.1) is 4.99 Å². The van der Waals surface area contributed by atoms with Crippen LogP contribution in [0.1, 0.15) is 30.9 Å². The molecule has 0 fully saturated rings. The van der Waals surface area contributed by atoms with Crippen LogP contribution in [0.3, 0.4) is 0 Å². The molecule has 3 rings (SSSR count). The predicted octanol–water partition coefficient (Wildman–Crippen LogP) is 3.50. The Bertz CT molecular complexity index is 1230. The molecule has 1 heterocycles. The van der Waals surface area contributed by atoms with Crippen LogP contribution in [0.25, 0.3) is 0 Å². The highest BCUT2D eigenvalue weighted by molar-refractivity contribution is 8.15. The predicted molar refractivity (Wildman–Crippen MR) is 135 cm³/mol. The fourth-order valence-corrected chi connectivity index (χ4v) is 5.07. The maximum absolute atomic E-state index is 14.7. The van der Waals surface area contributed by atoms with Crippen molar-refractivity contribution in [1.29, 1.82) is 5.26 Å². The number of halogens is 2. The number of nitrogens with zero attached hydrogens (tertiary/aromatic N) is 5. The van der Waals surface area contributed by atoms with E-state index in [1.54, 1.807) is 13.2 Å². The third kappa shape index (κ3) is 5.80. The van der Waals surface area contributed by atoms with Gasteiger partial charge in [-0.05, 0) is 43.5 Å². The number of oxime groups is 1. The molecule has 2 aromatic rings. The van der Waals surface area contributed by atoms with Crippen molar-refractivity contribution in [2.24, 2.45) is 15.2 Å². The molecule has 0 saturated heterocycles. The zero-order chi connectivity index (χ0) is 26.1. The summed E-state index contributed by atoms with van der Waals surface area (Å²) < 4.78 is 28.8. The number of carbonyl (C=O) groups is 1. The minimum atomic E-state index is -1.09. The zero-order valence-electron chi connectivity index (χ0n) is 20.0. The number of aliphatic imine (C=N–C) groups is 1. The van der Waals surface area contributed by atoms with E-state index in [-0.39, 0.29) is 16.3 Å². The van der Waals surface area contributed by atoms with Gasteiger partial charge < -0.3 is 15.5 Å². The SMILES string of the molecule is CNC(=NC#N)NCCCC1(c2ccccc2)SC(c2cc(F)ccc2F)=NN1C(=O)C(C)=NOC. The van der Waals surface area contributed by atoms with Crippen molar-refractivity contribution in [3.05, 3.63) is 71.3 Å². The maximum atomic E-state index is 14.7. The third-order valence-electron chi connectivity index (χ3n) is 5.30. The van der Waals surface area contributed by atoms with Crippen molar-refractivity contribution in [2.45, 2.75) is 24.6 Å². The van der Waals surface area contributed by atoms with Crippen LogP contribution in [-0.4, -0.2) is 48.3 Å². The Morgan fingerprint density at radius 3 is 2.69 bits per heavy atom. The number of amides is 1. The minimum Gasteiger partial charge on any atom is -0.399 e. The van der Waals surface area contributed by atoms with E-state index in [9.17, 15) is 13.6 Å². The van der Waals surface area contributed by atoms with E-state index in [4.69, 9.17) is 10.1 Å². The molecule has 188 valence electrons. The second kappa shape index (κ2) is 12.1. The van der Waals surface area contributed by atoms with Crippen LogP contribution < -0.4 is 10.6 Å². The molecule has 1 atom stereocenters. The van der Waals surface area contributed by atoms with Crippen molar-refractivity contribution in [3.63, 3.8) is 0 Å². The van der Waals surface area contributed by atoms with Gasteiger partial charge in [0.15, 0.2) is 0 Å². The first kappa shape index (κ1) is 26.6. The minimum absolute atomic E-state index is 0.0415. The van der Waals surface area contributed by atoms with E-state index < -0.39 is 22.4 Å². The molecule has 1 amide bonds. The molecule has 0 spiro atoms. The molecule has 0 aliphatic carbocycles. The van der Waals surface area contributed by atoms with Crippen molar-refractivity contribution in [2.75, 3.05) is 20.7 Å². The van der Waals surface area contributed by atoms with E-state index in [1.807, 2.05) is 30.3 Å². The lowest BCUT2D eigenvalue weighted by atomic mass is 10.00. The lowest BCUT2D eigenvalue weighted by Crippen LogP contribution is -2.44. The van der Waals surface area contributed by atoms with Crippen molar-refractivity contribution < 1.29 is 18.4 Å². The fourth-order valence-electron chi connectivity index (χ4n) is 3.65. The van der Waals surface area contributed by atoms with E-state index in [0.29, 0.717) is 25.3 Å². The second-order valence-corrected chi connectivity index (χ2v) is 8.86. The summed E-state index contributed by atoms with van der Waals surface area (Å²) >= 11 is 1.16. The molecule has 1 aliphatic heterocycles. The van der Waals surface area contributed by atoms with Crippen LogP contribution in [0.4, 0.5) is 8.78 Å². The van der Waals surface area contributed by atoms with Gasteiger partial charge in [-0.25, -0.2) is 13.8 Å². The molecule has 1 unspecified atom stereocenters. The molecule has 0 aromatic heterocycles. The van der Waals surface area contributed by atoms with Gasteiger partial charge in [0.05, 0.1) is 0 Å². The van der Waals surface area contributed by atoms with Gasteiger partial charge in [0.2, 0.25) is 12.2 Å². The van der Waals surface area contributed by atoms with Gasteiger partial charge in [-0.2, -0.15) is 10.4 Å². The molecular weight excluding hydrogens is 488 g/mol. The van der Waals surface area contributed by atoms with Gasteiger partial charge in [0, 0.05) is 19.2 Å². The number of carbonyl (C=O) groups excluding carboxylic acids is 1. The Hall–Kier alpha value is -3.98. The van der Waals surface area contributed by atoms with Crippen LogP contribution in [0.15, 0.2) is 63.8 Å². The normalized spacial score (nSPS) is 17.9. The number of hydrogen-bond donors (Lipinski definition) is 2. The third-order valence-corrected chi connectivity index (χ3v) is 6.74. The number of benzene rings is 2. The smallest absolute Gasteiger partial charge is 0.293 e. The molecule has 0 radical (unpaired) electrons. The molecule has 2 aromatic carbocycles. The summed E-state index contributed by atoms with van der Waals surface area (Å²) in [6, 6.07) is 12.3. The number of rotatable bonds is 8. The molecule has 9 nitrogen and oxygen atoms in total. The molecule has 36 heavy (non-hydrogen) atoms. The standard InChI is InChI=1S/C24H25F2N7O2S/c1-16(32-35-3)22(34)33-24(17-8-5-4-6-9-17,12-7-13-29-23(28-2)30-15-27)36-21(31-33)19-14-18(25)10-11-20(19)26/h4-6,8-11,14H,7,12-13H2,1-3H3,(H2,28,29,30). The Morgan fingerprint density at radius 2 is 2.03 bits per heavy atom. The van der Waals surface area contributed by atoms with Crippen molar-refractivity contribution >= 4 is 34.4 Å². The van der Waals surface area contributed by atoms with Crippen molar-refractivity contribution in [3.8, 4) is 6.19 Å². The largest absolute Gasteiger partial charge is 0.399 e. The molecule has 1 aliphatic rings. The number of hydrogen-bond acceptors (Lipinski definition) is 7. The number of nitrogens with one attached hydrogen (secondary N) is 2. The van der Waals surface area contributed by atoms with E-state index in [1.165, 1.54) is 19.0 Å². The van der Waals surface area contributed by atoms with E-state index >= 15 is 0 Å². The first-order valence-electron chi connectivity index (χ1n) is 11.0. The summed E-state index contributed by atoms with van der Waals surface area (Å²) in [6.07, 6.45) is 2.59. The van der Waals surface area contributed by atoms with Gasteiger partial charge in [0.1, 0.15) is 34.4 Å². The fraction of sp³-hybridized carbons (Fsp3) is 0.292. The second-order valence-electron chi connectivity index (χ2n) is 7.60. The highest BCUT2D eigenvalue weighted by Crippen LogP contribution is 2.50. The van der Waals surface area contributed by atoms with Gasteiger partial charge in [-0.3, -0.25) is 4.79 Å². The molecule has 0 saturated carbocycles.